The van der Waals surface area contributed by atoms with Crippen LogP contribution in [0.4, 0.5) is 5.69 Å². The zero-order valence-corrected chi connectivity index (χ0v) is 26.9. The fraction of sp³-hybridized carbons (Fsp3) is 0.333. The number of benzene rings is 3. The first-order valence-electron chi connectivity index (χ1n) is 13.1. The summed E-state index contributed by atoms with van der Waals surface area (Å²) in [7, 11) is -2.85. The van der Waals surface area contributed by atoms with Crippen molar-refractivity contribution < 1.29 is 22.7 Å². The monoisotopic (exact) mass is 663 g/mol. The van der Waals surface area contributed by atoms with Crippen LogP contribution in [0.25, 0.3) is 0 Å². The number of carbonyl (C=O) groups excluding carboxylic acids is 2. The lowest BCUT2D eigenvalue weighted by molar-refractivity contribution is -0.139. The molecule has 0 saturated heterocycles. The summed E-state index contributed by atoms with van der Waals surface area (Å²) in [6.07, 6.45) is 0.717. The van der Waals surface area contributed by atoms with Gasteiger partial charge in [0.15, 0.2) is 0 Å². The number of rotatable bonds is 12. The van der Waals surface area contributed by atoms with Crippen LogP contribution in [0.5, 0.6) is 5.75 Å². The molecule has 3 aromatic rings. The fourth-order valence-electron chi connectivity index (χ4n) is 4.09. The molecule has 3 aromatic carbocycles. The number of hydrogen-bond donors (Lipinski definition) is 1. The molecule has 0 aliphatic carbocycles. The number of ether oxygens (including phenoxy) is 1. The minimum atomic E-state index is -4.26. The topological polar surface area (TPSA) is 96.0 Å². The Morgan fingerprint density at radius 1 is 1.05 bits per heavy atom. The molecule has 0 unspecified atom stereocenters. The van der Waals surface area contributed by atoms with Crippen LogP contribution < -0.4 is 14.4 Å². The van der Waals surface area contributed by atoms with E-state index in [0.717, 1.165) is 26.3 Å². The first-order chi connectivity index (χ1) is 19.4. The van der Waals surface area contributed by atoms with E-state index in [9.17, 15) is 18.0 Å². The van der Waals surface area contributed by atoms with Gasteiger partial charge in [-0.3, -0.25) is 13.9 Å². The van der Waals surface area contributed by atoms with E-state index in [0.29, 0.717) is 0 Å². The quantitative estimate of drug-likeness (QED) is 0.258. The molecule has 220 valence electrons. The number of nitrogens with zero attached hydrogens (tertiary/aromatic N) is 2. The van der Waals surface area contributed by atoms with Crippen molar-refractivity contribution in [3.05, 3.63) is 87.4 Å². The Kier molecular flexibility index (Phi) is 11.2. The molecule has 11 heteroatoms. The number of anilines is 1. The number of hydrogen-bond acceptors (Lipinski definition) is 5. The van der Waals surface area contributed by atoms with Crippen LogP contribution in [0.3, 0.4) is 0 Å². The van der Waals surface area contributed by atoms with E-state index in [4.69, 9.17) is 16.3 Å². The summed E-state index contributed by atoms with van der Waals surface area (Å²) in [5, 5.41) is 3.19. The van der Waals surface area contributed by atoms with Gasteiger partial charge in [0.25, 0.3) is 10.0 Å². The van der Waals surface area contributed by atoms with E-state index in [1.807, 2.05) is 45.0 Å². The smallest absolute Gasteiger partial charge is 0.264 e. The number of sulfonamides is 1. The standard InChI is InChI=1S/C30H35BrClN3O5S/c1-6-21(3)33-30(37)22(4)34(18-23-8-7-9-24(31)16-23)29(36)19-35(27-17-25(32)12-15-28(27)40-5)41(38,39)26-13-10-20(2)11-14-26/h7-17,21-22H,6,18-19H2,1-5H3,(H,33,37)/t21-,22+/m1/s1. The van der Waals surface area contributed by atoms with Crippen LogP contribution in [0.1, 0.15) is 38.3 Å². The molecule has 0 spiro atoms. The van der Waals surface area contributed by atoms with Crippen molar-refractivity contribution in [1.29, 1.82) is 0 Å². The lowest BCUT2D eigenvalue weighted by Gasteiger charge is -2.33. The summed E-state index contributed by atoms with van der Waals surface area (Å²) in [6.45, 7) is 6.80. The highest BCUT2D eigenvalue weighted by atomic mass is 79.9. The number of nitrogens with one attached hydrogen (secondary N) is 1. The van der Waals surface area contributed by atoms with E-state index < -0.39 is 28.5 Å². The number of methoxy groups -OCH3 is 1. The molecule has 0 aliphatic heterocycles. The van der Waals surface area contributed by atoms with E-state index in [-0.39, 0.29) is 39.8 Å². The Morgan fingerprint density at radius 2 is 1.73 bits per heavy atom. The van der Waals surface area contributed by atoms with E-state index in [1.165, 1.54) is 30.2 Å². The third kappa shape index (κ3) is 8.24. The molecule has 0 saturated carbocycles. The Bertz CT molecular complexity index is 1480. The Hall–Kier alpha value is -3.08. The van der Waals surface area contributed by atoms with E-state index in [1.54, 1.807) is 31.2 Å². The minimum Gasteiger partial charge on any atom is -0.495 e. The van der Waals surface area contributed by atoms with E-state index in [2.05, 4.69) is 21.2 Å². The summed E-state index contributed by atoms with van der Waals surface area (Å²) >= 11 is 9.73. The van der Waals surface area contributed by atoms with Gasteiger partial charge in [0.1, 0.15) is 18.3 Å². The van der Waals surface area contributed by atoms with Crippen LogP contribution in [0, 0.1) is 6.92 Å². The van der Waals surface area contributed by atoms with E-state index >= 15 is 0 Å². The average Bonchev–Trinajstić information content (AvgIpc) is 2.94. The molecule has 8 nitrogen and oxygen atoms in total. The van der Waals surface area contributed by atoms with Crippen molar-refractivity contribution in [2.24, 2.45) is 0 Å². The molecule has 41 heavy (non-hydrogen) atoms. The number of carbonyl (C=O) groups is 2. The average molecular weight is 665 g/mol. The Morgan fingerprint density at radius 3 is 2.34 bits per heavy atom. The predicted molar refractivity (Wildman–Crippen MR) is 166 cm³/mol. The van der Waals surface area contributed by atoms with Crippen molar-refractivity contribution in [3.63, 3.8) is 0 Å². The highest BCUT2D eigenvalue weighted by Crippen LogP contribution is 2.35. The molecular formula is C30H35BrClN3O5S. The van der Waals surface area contributed by atoms with Gasteiger partial charge in [0, 0.05) is 22.1 Å². The summed E-state index contributed by atoms with van der Waals surface area (Å²) in [5.41, 5.74) is 1.76. The predicted octanol–water partition coefficient (Wildman–Crippen LogP) is 5.95. The van der Waals surface area contributed by atoms with Crippen LogP contribution in [-0.4, -0.2) is 50.9 Å². The van der Waals surface area contributed by atoms with Gasteiger partial charge in [0.2, 0.25) is 11.8 Å². The van der Waals surface area contributed by atoms with Crippen molar-refractivity contribution in [2.75, 3.05) is 18.0 Å². The Balaban J connectivity index is 2.10. The molecule has 0 bridgehead atoms. The van der Waals surface area contributed by atoms with Gasteiger partial charge in [-0.15, -0.1) is 0 Å². The molecule has 1 N–H and O–H groups in total. The molecule has 0 radical (unpaired) electrons. The fourth-order valence-corrected chi connectivity index (χ4v) is 6.12. The van der Waals surface area contributed by atoms with Crippen LogP contribution in [0.15, 0.2) is 76.1 Å². The third-order valence-corrected chi connectivity index (χ3v) is 9.21. The normalized spacial score (nSPS) is 12.8. The largest absolute Gasteiger partial charge is 0.495 e. The molecule has 3 rings (SSSR count). The summed E-state index contributed by atoms with van der Waals surface area (Å²) in [4.78, 5) is 28.7. The van der Waals surface area contributed by atoms with Gasteiger partial charge in [-0.25, -0.2) is 8.42 Å². The van der Waals surface area contributed by atoms with Crippen LogP contribution in [-0.2, 0) is 26.2 Å². The maximum absolute atomic E-state index is 14.1. The molecular weight excluding hydrogens is 630 g/mol. The summed E-state index contributed by atoms with van der Waals surface area (Å²) in [6, 6.07) is 17.3. The lowest BCUT2D eigenvalue weighted by atomic mass is 10.1. The van der Waals surface area contributed by atoms with Gasteiger partial charge in [0.05, 0.1) is 17.7 Å². The van der Waals surface area contributed by atoms with Crippen LogP contribution in [0.2, 0.25) is 5.02 Å². The Labute approximate surface area is 255 Å². The number of halogens is 2. The summed E-state index contributed by atoms with van der Waals surface area (Å²) < 4.78 is 35.3. The molecule has 0 aliphatic rings. The van der Waals surface area contributed by atoms with Gasteiger partial charge >= 0.3 is 0 Å². The maximum Gasteiger partial charge on any atom is 0.264 e. The van der Waals surface area contributed by atoms with Crippen molar-refractivity contribution in [1.82, 2.24) is 10.2 Å². The minimum absolute atomic E-state index is 0.000898. The molecule has 2 atom stereocenters. The second-order valence-electron chi connectivity index (χ2n) is 9.79. The van der Waals surface area contributed by atoms with Crippen molar-refractivity contribution in [3.8, 4) is 5.75 Å². The lowest BCUT2D eigenvalue weighted by Crippen LogP contribution is -2.52. The first-order valence-corrected chi connectivity index (χ1v) is 15.8. The van der Waals surface area contributed by atoms with Gasteiger partial charge < -0.3 is 15.0 Å². The third-order valence-electron chi connectivity index (χ3n) is 6.71. The highest BCUT2D eigenvalue weighted by molar-refractivity contribution is 9.10. The molecule has 0 fully saturated rings. The molecule has 0 aromatic heterocycles. The van der Waals surface area contributed by atoms with Gasteiger partial charge in [-0.2, -0.15) is 0 Å². The number of amides is 2. The zero-order valence-electron chi connectivity index (χ0n) is 23.7. The van der Waals surface area contributed by atoms with Gasteiger partial charge in [-0.05, 0) is 75.2 Å². The maximum atomic E-state index is 14.1. The van der Waals surface area contributed by atoms with Crippen molar-refractivity contribution in [2.45, 2.75) is 57.6 Å². The molecule has 2 amide bonds. The zero-order chi connectivity index (χ0) is 30.3. The second-order valence-corrected chi connectivity index (χ2v) is 13.0. The highest BCUT2D eigenvalue weighted by Gasteiger charge is 2.34. The van der Waals surface area contributed by atoms with Crippen LogP contribution >= 0.6 is 27.5 Å². The first kappa shape index (κ1) is 32.4. The summed E-state index contributed by atoms with van der Waals surface area (Å²) in [5.74, 6) is -0.690. The van der Waals surface area contributed by atoms with Crippen molar-refractivity contribution >= 4 is 55.1 Å². The number of aryl methyl sites for hydroxylation is 1. The SMILES string of the molecule is CC[C@@H](C)NC(=O)[C@H](C)N(Cc1cccc(Br)c1)C(=O)CN(c1cc(Cl)ccc1OC)S(=O)(=O)c1ccc(C)cc1. The second kappa shape index (κ2) is 14.2. The molecule has 0 heterocycles. The van der Waals surface area contributed by atoms with Gasteiger partial charge in [-0.1, -0.05) is 64.3 Å².